The topological polar surface area (TPSA) is 76.1 Å². The van der Waals surface area contributed by atoms with Crippen LogP contribution < -0.4 is 0 Å². The van der Waals surface area contributed by atoms with Crippen molar-refractivity contribution in [3.63, 3.8) is 0 Å². The van der Waals surface area contributed by atoms with Gasteiger partial charge in [-0.05, 0) is 27.7 Å². The number of hydrogen-bond acceptors (Lipinski definition) is 5. The maximum Gasteiger partial charge on any atom is 0.411 e. The maximum absolute atomic E-state index is 12.6. The number of nitrogens with zero attached hydrogens (tertiary/aromatic N) is 1. The van der Waals surface area contributed by atoms with Gasteiger partial charge in [0.05, 0.1) is 19.3 Å². The zero-order valence-electron chi connectivity index (χ0n) is 14.4. The van der Waals surface area contributed by atoms with Gasteiger partial charge in [-0.15, -0.1) is 11.6 Å². The van der Waals surface area contributed by atoms with E-state index in [1.807, 2.05) is 0 Å². The first-order valence-corrected chi connectivity index (χ1v) is 8.03. The standard InChI is InChI=1S/C16H26ClNO5/c1-10(9-17)7-16(13(20)22-6)8-12(19)11(2)18(16)14(21)23-15(3,4)5/h11-12,19H,1,7-9H2,2-6H3/t11?,12?,16-/m1/s1. The van der Waals surface area contributed by atoms with Crippen molar-refractivity contribution < 1.29 is 24.2 Å². The number of likely N-dealkylation sites (tertiary alicyclic amines) is 1. The first kappa shape index (κ1) is 19.8. The molecule has 0 bridgehead atoms. The number of amides is 1. The van der Waals surface area contributed by atoms with Crippen LogP contribution in [0.3, 0.4) is 0 Å². The van der Waals surface area contributed by atoms with Crippen molar-refractivity contribution in [1.29, 1.82) is 0 Å². The van der Waals surface area contributed by atoms with E-state index in [9.17, 15) is 14.7 Å². The second-order valence-electron chi connectivity index (χ2n) is 6.95. The molecule has 1 heterocycles. The van der Waals surface area contributed by atoms with Crippen molar-refractivity contribution in [2.75, 3.05) is 13.0 Å². The number of aliphatic hydroxyl groups is 1. The quantitative estimate of drug-likeness (QED) is 0.480. The highest BCUT2D eigenvalue weighted by Crippen LogP contribution is 2.40. The van der Waals surface area contributed by atoms with Gasteiger partial charge in [-0.3, -0.25) is 4.90 Å². The van der Waals surface area contributed by atoms with Crippen LogP contribution in [0.25, 0.3) is 0 Å². The van der Waals surface area contributed by atoms with Crippen molar-refractivity contribution >= 4 is 23.7 Å². The molecule has 1 amide bonds. The highest BCUT2D eigenvalue weighted by Gasteiger charge is 2.58. The first-order chi connectivity index (χ1) is 10.5. The molecule has 0 radical (unpaired) electrons. The zero-order valence-corrected chi connectivity index (χ0v) is 15.1. The fourth-order valence-corrected chi connectivity index (χ4v) is 2.99. The van der Waals surface area contributed by atoms with E-state index in [-0.39, 0.29) is 18.7 Å². The van der Waals surface area contributed by atoms with Crippen molar-refractivity contribution in [1.82, 2.24) is 4.90 Å². The third-order valence-electron chi connectivity index (χ3n) is 3.86. The average molecular weight is 348 g/mol. The Balaban J connectivity index is 3.30. The van der Waals surface area contributed by atoms with Crippen LogP contribution in [0.1, 0.15) is 40.5 Å². The summed E-state index contributed by atoms with van der Waals surface area (Å²) in [6, 6.07) is -0.591. The number of methoxy groups -OCH3 is 1. The lowest BCUT2D eigenvalue weighted by molar-refractivity contribution is -0.154. The molecule has 7 heteroatoms. The van der Waals surface area contributed by atoms with Crippen molar-refractivity contribution in [3.05, 3.63) is 12.2 Å². The van der Waals surface area contributed by atoms with Crippen LogP contribution in [-0.2, 0) is 14.3 Å². The van der Waals surface area contributed by atoms with Crippen LogP contribution in [0.5, 0.6) is 0 Å². The minimum atomic E-state index is -1.36. The second-order valence-corrected chi connectivity index (χ2v) is 7.21. The summed E-state index contributed by atoms with van der Waals surface area (Å²) in [5.74, 6) is -0.469. The summed E-state index contributed by atoms with van der Waals surface area (Å²) in [5.41, 5.74) is -1.51. The van der Waals surface area contributed by atoms with E-state index in [2.05, 4.69) is 6.58 Å². The Labute approximate surface area is 142 Å². The van der Waals surface area contributed by atoms with E-state index >= 15 is 0 Å². The average Bonchev–Trinajstić information content (AvgIpc) is 2.68. The van der Waals surface area contributed by atoms with E-state index in [1.54, 1.807) is 27.7 Å². The number of ether oxygens (including phenoxy) is 2. The predicted molar refractivity (Wildman–Crippen MR) is 87.4 cm³/mol. The molecule has 0 aliphatic carbocycles. The van der Waals surface area contributed by atoms with Crippen LogP contribution in [0, 0.1) is 0 Å². The van der Waals surface area contributed by atoms with E-state index in [1.165, 1.54) is 12.0 Å². The molecule has 0 aromatic carbocycles. The number of hydrogen-bond donors (Lipinski definition) is 1. The smallest absolute Gasteiger partial charge is 0.411 e. The minimum absolute atomic E-state index is 0.0516. The van der Waals surface area contributed by atoms with Gasteiger partial charge in [-0.1, -0.05) is 12.2 Å². The summed E-state index contributed by atoms with van der Waals surface area (Å²) in [6.07, 6.45) is -1.38. The fourth-order valence-electron chi connectivity index (χ4n) is 2.89. The van der Waals surface area contributed by atoms with Crippen LogP contribution in [0.2, 0.25) is 0 Å². The first-order valence-electron chi connectivity index (χ1n) is 7.50. The number of rotatable bonds is 4. The Morgan fingerprint density at radius 2 is 2.00 bits per heavy atom. The molecule has 1 fully saturated rings. The molecule has 0 spiro atoms. The van der Waals surface area contributed by atoms with E-state index < -0.39 is 35.3 Å². The van der Waals surface area contributed by atoms with Gasteiger partial charge in [-0.2, -0.15) is 0 Å². The Morgan fingerprint density at radius 3 is 2.43 bits per heavy atom. The van der Waals surface area contributed by atoms with Gasteiger partial charge in [0, 0.05) is 18.7 Å². The van der Waals surface area contributed by atoms with Gasteiger partial charge in [0.15, 0.2) is 5.54 Å². The molecule has 0 saturated carbocycles. The lowest BCUT2D eigenvalue weighted by Gasteiger charge is -2.38. The van der Waals surface area contributed by atoms with Gasteiger partial charge >= 0.3 is 12.1 Å². The largest absolute Gasteiger partial charge is 0.467 e. The molecule has 23 heavy (non-hydrogen) atoms. The van der Waals surface area contributed by atoms with Crippen LogP contribution in [0.4, 0.5) is 4.79 Å². The third-order valence-corrected chi connectivity index (χ3v) is 4.24. The molecule has 6 nitrogen and oxygen atoms in total. The van der Waals surface area contributed by atoms with Gasteiger partial charge in [0.25, 0.3) is 0 Å². The van der Waals surface area contributed by atoms with Gasteiger partial charge < -0.3 is 14.6 Å². The number of carbonyl (C=O) groups is 2. The molecular weight excluding hydrogens is 322 g/mol. The molecule has 1 N–H and O–H groups in total. The summed E-state index contributed by atoms with van der Waals surface area (Å²) >= 11 is 5.80. The lowest BCUT2D eigenvalue weighted by atomic mass is 9.88. The van der Waals surface area contributed by atoms with E-state index in [4.69, 9.17) is 21.1 Å². The molecular formula is C16H26ClNO5. The summed E-state index contributed by atoms with van der Waals surface area (Å²) < 4.78 is 10.3. The number of alkyl halides is 1. The second kappa shape index (κ2) is 7.09. The summed E-state index contributed by atoms with van der Waals surface area (Å²) in [6.45, 7) is 10.7. The molecule has 1 rings (SSSR count). The maximum atomic E-state index is 12.6. The van der Waals surface area contributed by atoms with Crippen molar-refractivity contribution in [2.24, 2.45) is 0 Å². The van der Waals surface area contributed by atoms with Gasteiger partial charge in [-0.25, -0.2) is 9.59 Å². The number of esters is 1. The number of halogens is 1. The fraction of sp³-hybridized carbons (Fsp3) is 0.750. The lowest BCUT2D eigenvalue weighted by Crippen LogP contribution is -2.57. The van der Waals surface area contributed by atoms with Gasteiger partial charge in [0.2, 0.25) is 0 Å². The number of carbonyl (C=O) groups excluding carboxylic acids is 2. The van der Waals surface area contributed by atoms with Crippen molar-refractivity contribution in [3.8, 4) is 0 Å². The van der Waals surface area contributed by atoms with Gasteiger partial charge in [0.1, 0.15) is 5.60 Å². The third kappa shape index (κ3) is 4.18. The van der Waals surface area contributed by atoms with Crippen LogP contribution in [-0.4, -0.2) is 58.3 Å². The Morgan fingerprint density at radius 1 is 1.43 bits per heavy atom. The normalized spacial score (nSPS) is 27.7. The highest BCUT2D eigenvalue weighted by atomic mass is 35.5. The van der Waals surface area contributed by atoms with E-state index in [0.717, 1.165) is 0 Å². The Hall–Kier alpha value is -1.27. The summed E-state index contributed by atoms with van der Waals surface area (Å²) in [5, 5.41) is 10.3. The molecule has 1 aliphatic heterocycles. The number of aliphatic hydroxyl groups excluding tert-OH is 1. The monoisotopic (exact) mass is 347 g/mol. The Bertz CT molecular complexity index is 487. The van der Waals surface area contributed by atoms with Crippen LogP contribution in [0.15, 0.2) is 12.2 Å². The predicted octanol–water partition coefficient (Wildman–Crippen LogP) is 2.47. The molecule has 132 valence electrons. The Kier molecular flexibility index (Phi) is 6.10. The van der Waals surface area contributed by atoms with E-state index in [0.29, 0.717) is 5.57 Å². The molecule has 0 aromatic heterocycles. The molecule has 1 saturated heterocycles. The van der Waals surface area contributed by atoms with Crippen LogP contribution >= 0.6 is 11.6 Å². The molecule has 0 aromatic rings. The molecule has 1 aliphatic rings. The van der Waals surface area contributed by atoms with Crippen molar-refractivity contribution in [2.45, 2.75) is 63.8 Å². The molecule has 2 unspecified atom stereocenters. The highest BCUT2D eigenvalue weighted by molar-refractivity contribution is 6.19. The minimum Gasteiger partial charge on any atom is -0.467 e. The molecule has 3 atom stereocenters. The summed E-state index contributed by atoms with van der Waals surface area (Å²) in [4.78, 5) is 26.4. The SMILES string of the molecule is C=C(CCl)C[C@]1(C(=O)OC)CC(O)C(C)N1C(=O)OC(C)(C)C. The summed E-state index contributed by atoms with van der Waals surface area (Å²) in [7, 11) is 1.25. The zero-order chi connectivity index (χ0) is 18.0.